The lowest BCUT2D eigenvalue weighted by atomic mass is 10.2. The van der Waals surface area contributed by atoms with Crippen LogP contribution in [0, 0.1) is 13.8 Å². The Balaban J connectivity index is 1.65. The lowest BCUT2D eigenvalue weighted by Gasteiger charge is -2.08. The lowest BCUT2D eigenvalue weighted by molar-refractivity contribution is -0.116. The molecular weight excluding hydrogens is 334 g/mol. The molecule has 0 aliphatic rings. The molecule has 0 bridgehead atoms. The van der Waals surface area contributed by atoms with E-state index >= 15 is 0 Å². The summed E-state index contributed by atoms with van der Waals surface area (Å²) in [5.74, 6) is 0.590. The smallest absolute Gasteiger partial charge is 0.297 e. The van der Waals surface area contributed by atoms with Gasteiger partial charge in [-0.2, -0.15) is 0 Å². The van der Waals surface area contributed by atoms with Crippen LogP contribution in [0.2, 0.25) is 0 Å². The SMILES string of the molecule is Cc1ncc(C)c(NC(=O)Cn2cnc3c(oc4ccccc43)c2=O)n1. The number of amides is 1. The first kappa shape index (κ1) is 15.9. The van der Waals surface area contributed by atoms with Gasteiger partial charge in [0, 0.05) is 17.1 Å². The number of carbonyl (C=O) groups is 1. The van der Waals surface area contributed by atoms with Gasteiger partial charge in [0.05, 0.1) is 6.33 Å². The number of rotatable bonds is 3. The number of nitrogens with zero attached hydrogens (tertiary/aromatic N) is 4. The van der Waals surface area contributed by atoms with Crippen molar-refractivity contribution in [2.45, 2.75) is 20.4 Å². The van der Waals surface area contributed by atoms with Gasteiger partial charge in [0.1, 0.15) is 29.3 Å². The van der Waals surface area contributed by atoms with Crippen molar-refractivity contribution in [3.63, 3.8) is 0 Å². The van der Waals surface area contributed by atoms with Crippen LogP contribution in [0.25, 0.3) is 22.1 Å². The average molecular weight is 349 g/mol. The molecule has 1 amide bonds. The molecule has 1 N–H and O–H groups in total. The van der Waals surface area contributed by atoms with Crippen LogP contribution in [0.4, 0.5) is 5.82 Å². The average Bonchev–Trinajstić information content (AvgIpc) is 3.00. The molecule has 8 heteroatoms. The third-order valence-corrected chi connectivity index (χ3v) is 4.01. The number of fused-ring (bicyclic) bond motifs is 3. The monoisotopic (exact) mass is 349 g/mol. The predicted octanol–water partition coefficient (Wildman–Crippen LogP) is 2.19. The van der Waals surface area contributed by atoms with Gasteiger partial charge in [0.25, 0.3) is 5.56 Å². The third kappa shape index (κ3) is 2.71. The van der Waals surface area contributed by atoms with Crippen LogP contribution in [-0.2, 0) is 11.3 Å². The fourth-order valence-corrected chi connectivity index (χ4v) is 2.71. The number of anilines is 1. The largest absolute Gasteiger partial charge is 0.448 e. The van der Waals surface area contributed by atoms with Gasteiger partial charge in [0.2, 0.25) is 11.5 Å². The maximum atomic E-state index is 12.6. The predicted molar refractivity (Wildman–Crippen MR) is 95.9 cm³/mol. The summed E-state index contributed by atoms with van der Waals surface area (Å²) < 4.78 is 6.82. The summed E-state index contributed by atoms with van der Waals surface area (Å²) >= 11 is 0. The van der Waals surface area contributed by atoms with Gasteiger partial charge in [-0.25, -0.2) is 15.0 Å². The van der Waals surface area contributed by atoms with E-state index in [0.717, 1.165) is 10.9 Å². The van der Waals surface area contributed by atoms with E-state index < -0.39 is 5.56 Å². The molecule has 130 valence electrons. The topological polar surface area (TPSA) is 103 Å². The van der Waals surface area contributed by atoms with E-state index in [1.165, 1.54) is 10.9 Å². The first-order chi connectivity index (χ1) is 12.5. The normalized spacial score (nSPS) is 11.2. The molecule has 0 aliphatic heterocycles. The minimum atomic E-state index is -0.406. The van der Waals surface area contributed by atoms with Crippen LogP contribution in [0.15, 0.2) is 46.0 Å². The van der Waals surface area contributed by atoms with Gasteiger partial charge < -0.3 is 9.73 Å². The zero-order valence-corrected chi connectivity index (χ0v) is 14.2. The highest BCUT2D eigenvalue weighted by Crippen LogP contribution is 2.24. The highest BCUT2D eigenvalue weighted by molar-refractivity contribution is 6.01. The Morgan fingerprint density at radius 2 is 2.04 bits per heavy atom. The van der Waals surface area contributed by atoms with Crippen molar-refractivity contribution in [2.24, 2.45) is 0 Å². The summed E-state index contributed by atoms with van der Waals surface area (Å²) in [4.78, 5) is 37.5. The first-order valence-electron chi connectivity index (χ1n) is 7.99. The molecule has 26 heavy (non-hydrogen) atoms. The van der Waals surface area contributed by atoms with Crippen molar-refractivity contribution in [2.75, 3.05) is 5.32 Å². The summed E-state index contributed by atoms with van der Waals surface area (Å²) in [5.41, 5.74) is 1.54. The maximum Gasteiger partial charge on any atom is 0.297 e. The number of furan rings is 1. The molecule has 0 radical (unpaired) electrons. The fourth-order valence-electron chi connectivity index (χ4n) is 2.71. The quantitative estimate of drug-likeness (QED) is 0.608. The molecule has 0 spiro atoms. The number of hydrogen-bond donors (Lipinski definition) is 1. The minimum absolute atomic E-state index is 0.135. The standard InChI is InChI=1S/C18H15N5O3/c1-10-7-19-11(2)21-17(10)22-14(24)8-23-9-20-15-12-5-3-4-6-13(12)26-16(15)18(23)25/h3-7,9H,8H2,1-2H3,(H,19,21,22,24). The van der Waals surface area contributed by atoms with Gasteiger partial charge in [-0.05, 0) is 26.0 Å². The van der Waals surface area contributed by atoms with E-state index in [2.05, 4.69) is 20.3 Å². The Hall–Kier alpha value is -3.55. The lowest BCUT2D eigenvalue weighted by Crippen LogP contribution is -2.28. The third-order valence-electron chi connectivity index (χ3n) is 4.01. The van der Waals surface area contributed by atoms with E-state index in [0.29, 0.717) is 22.7 Å². The van der Waals surface area contributed by atoms with Crippen molar-refractivity contribution in [3.05, 3.63) is 58.5 Å². The Bertz CT molecular complexity index is 1210. The summed E-state index contributed by atoms with van der Waals surface area (Å²) in [6.45, 7) is 3.34. The van der Waals surface area contributed by atoms with Gasteiger partial charge in [-0.1, -0.05) is 12.1 Å². The Labute approximate surface area is 147 Å². The second kappa shape index (κ2) is 6.07. The molecule has 4 rings (SSSR count). The van der Waals surface area contributed by atoms with E-state index in [1.807, 2.05) is 18.2 Å². The Morgan fingerprint density at radius 1 is 1.23 bits per heavy atom. The van der Waals surface area contributed by atoms with E-state index in [1.54, 1.807) is 26.1 Å². The number of para-hydroxylation sites is 1. The number of aryl methyl sites for hydroxylation is 2. The van der Waals surface area contributed by atoms with Crippen molar-refractivity contribution in [1.29, 1.82) is 0 Å². The zero-order chi connectivity index (χ0) is 18.3. The van der Waals surface area contributed by atoms with Gasteiger partial charge in [0.15, 0.2) is 0 Å². The number of nitrogens with one attached hydrogen (secondary N) is 1. The maximum absolute atomic E-state index is 12.6. The number of benzene rings is 1. The van der Waals surface area contributed by atoms with E-state index in [-0.39, 0.29) is 18.0 Å². The van der Waals surface area contributed by atoms with Crippen LogP contribution in [0.5, 0.6) is 0 Å². The minimum Gasteiger partial charge on any atom is -0.448 e. The van der Waals surface area contributed by atoms with Gasteiger partial charge in [-0.3, -0.25) is 14.2 Å². The molecule has 0 unspecified atom stereocenters. The zero-order valence-electron chi connectivity index (χ0n) is 14.2. The van der Waals surface area contributed by atoms with Crippen molar-refractivity contribution in [1.82, 2.24) is 19.5 Å². The molecule has 4 aromatic rings. The highest BCUT2D eigenvalue weighted by Gasteiger charge is 2.15. The number of hydrogen-bond acceptors (Lipinski definition) is 6. The van der Waals surface area contributed by atoms with Gasteiger partial charge in [-0.15, -0.1) is 0 Å². The van der Waals surface area contributed by atoms with Crippen LogP contribution in [-0.4, -0.2) is 25.4 Å². The van der Waals surface area contributed by atoms with Gasteiger partial charge >= 0.3 is 0 Å². The van der Waals surface area contributed by atoms with Crippen LogP contribution >= 0.6 is 0 Å². The van der Waals surface area contributed by atoms with Crippen LogP contribution < -0.4 is 10.9 Å². The molecule has 3 heterocycles. The van der Waals surface area contributed by atoms with Crippen molar-refractivity contribution in [3.8, 4) is 0 Å². The molecule has 0 aliphatic carbocycles. The molecule has 0 fully saturated rings. The number of aromatic nitrogens is 4. The Morgan fingerprint density at radius 3 is 2.88 bits per heavy atom. The Kier molecular flexibility index (Phi) is 3.72. The summed E-state index contributed by atoms with van der Waals surface area (Å²) in [7, 11) is 0. The van der Waals surface area contributed by atoms with Crippen molar-refractivity contribution >= 4 is 33.8 Å². The molecule has 0 saturated heterocycles. The number of carbonyl (C=O) groups excluding carboxylic acids is 1. The molecule has 8 nitrogen and oxygen atoms in total. The highest BCUT2D eigenvalue weighted by atomic mass is 16.3. The molecule has 0 saturated carbocycles. The summed E-state index contributed by atoms with van der Waals surface area (Å²) in [6.07, 6.45) is 2.98. The molecular formula is C18H15N5O3. The molecule has 0 atom stereocenters. The van der Waals surface area contributed by atoms with Crippen LogP contribution in [0.3, 0.4) is 0 Å². The molecule has 3 aromatic heterocycles. The summed E-state index contributed by atoms with van der Waals surface area (Å²) in [6, 6.07) is 7.28. The van der Waals surface area contributed by atoms with E-state index in [9.17, 15) is 9.59 Å². The van der Waals surface area contributed by atoms with Crippen molar-refractivity contribution < 1.29 is 9.21 Å². The second-order valence-corrected chi connectivity index (χ2v) is 5.95. The van der Waals surface area contributed by atoms with E-state index in [4.69, 9.17) is 4.42 Å². The fraction of sp³-hybridized carbons (Fsp3) is 0.167. The molecule has 1 aromatic carbocycles. The summed E-state index contributed by atoms with van der Waals surface area (Å²) in [5, 5.41) is 3.46. The second-order valence-electron chi connectivity index (χ2n) is 5.95. The van der Waals surface area contributed by atoms with Crippen LogP contribution in [0.1, 0.15) is 11.4 Å². The first-order valence-corrected chi connectivity index (χ1v) is 7.99.